The minimum Gasteiger partial charge on any atom is -0.489 e. The molecular formula is C14H17N3O. The second kappa shape index (κ2) is 5.51. The fourth-order valence-electron chi connectivity index (χ4n) is 1.64. The van der Waals surface area contributed by atoms with Crippen molar-refractivity contribution >= 4 is 5.82 Å². The Morgan fingerprint density at radius 2 is 2.06 bits per heavy atom. The first-order chi connectivity index (χ1) is 8.70. The number of nitrogens with one attached hydrogen (secondary N) is 1. The third-order valence-electron chi connectivity index (χ3n) is 2.92. The van der Waals surface area contributed by atoms with Crippen LogP contribution in [0.2, 0.25) is 0 Å². The Morgan fingerprint density at radius 3 is 2.72 bits per heavy atom. The molecule has 2 rings (SSSR count). The largest absolute Gasteiger partial charge is 0.489 e. The van der Waals surface area contributed by atoms with E-state index in [0.29, 0.717) is 12.4 Å². The highest BCUT2D eigenvalue weighted by Crippen LogP contribution is 2.21. The second-order valence-corrected chi connectivity index (χ2v) is 4.18. The van der Waals surface area contributed by atoms with Crippen LogP contribution in [0.15, 0.2) is 36.5 Å². The van der Waals surface area contributed by atoms with Crippen LogP contribution in [0.1, 0.15) is 16.7 Å². The smallest absolute Gasteiger partial charge is 0.139 e. The Bertz CT molecular complexity index is 523. The number of rotatable bonds is 4. The minimum absolute atomic E-state index is 0.502. The number of pyridine rings is 1. The summed E-state index contributed by atoms with van der Waals surface area (Å²) in [6.45, 7) is 4.64. The van der Waals surface area contributed by atoms with Crippen molar-refractivity contribution in [2.75, 3.05) is 5.43 Å². The number of anilines is 1. The van der Waals surface area contributed by atoms with Gasteiger partial charge in [-0.1, -0.05) is 18.2 Å². The molecule has 0 aliphatic carbocycles. The van der Waals surface area contributed by atoms with Crippen LogP contribution in [-0.2, 0) is 6.61 Å². The van der Waals surface area contributed by atoms with Gasteiger partial charge in [-0.25, -0.2) is 10.8 Å². The van der Waals surface area contributed by atoms with E-state index in [1.165, 1.54) is 11.1 Å². The maximum Gasteiger partial charge on any atom is 0.139 e. The lowest BCUT2D eigenvalue weighted by Gasteiger charge is -2.10. The van der Waals surface area contributed by atoms with Gasteiger partial charge in [0.2, 0.25) is 0 Å². The molecule has 0 saturated carbocycles. The lowest BCUT2D eigenvalue weighted by atomic mass is 10.1. The van der Waals surface area contributed by atoms with Crippen molar-refractivity contribution in [3.8, 4) is 5.75 Å². The predicted octanol–water partition coefficient (Wildman–Crippen LogP) is 2.56. The first-order valence-corrected chi connectivity index (χ1v) is 5.81. The van der Waals surface area contributed by atoms with Crippen LogP contribution in [0.5, 0.6) is 5.75 Å². The van der Waals surface area contributed by atoms with Crippen LogP contribution in [0.4, 0.5) is 5.82 Å². The highest BCUT2D eigenvalue weighted by molar-refractivity contribution is 5.38. The highest BCUT2D eigenvalue weighted by Gasteiger charge is 2.02. The zero-order valence-electron chi connectivity index (χ0n) is 10.6. The quantitative estimate of drug-likeness (QED) is 0.640. The number of hydrogen-bond donors (Lipinski definition) is 2. The third-order valence-corrected chi connectivity index (χ3v) is 2.92. The van der Waals surface area contributed by atoms with Crippen LogP contribution in [0.25, 0.3) is 0 Å². The van der Waals surface area contributed by atoms with Gasteiger partial charge in [0.15, 0.2) is 0 Å². The van der Waals surface area contributed by atoms with E-state index < -0.39 is 0 Å². The molecule has 0 aliphatic heterocycles. The molecule has 4 heteroatoms. The number of aryl methyl sites for hydroxylation is 1. The van der Waals surface area contributed by atoms with Crippen LogP contribution in [0, 0.1) is 13.8 Å². The summed E-state index contributed by atoms with van der Waals surface area (Å²) in [6.07, 6.45) is 1.75. The molecule has 0 spiro atoms. The Kier molecular flexibility index (Phi) is 3.79. The summed E-state index contributed by atoms with van der Waals surface area (Å²) in [7, 11) is 0. The van der Waals surface area contributed by atoms with Crippen LogP contribution >= 0.6 is 0 Å². The van der Waals surface area contributed by atoms with E-state index >= 15 is 0 Å². The van der Waals surface area contributed by atoms with Gasteiger partial charge in [-0.05, 0) is 37.1 Å². The first-order valence-electron chi connectivity index (χ1n) is 5.81. The standard InChI is InChI=1S/C14H17N3O/c1-10-4-3-5-13(11(10)2)18-9-12-6-7-14(17-15)16-8-12/h3-8H,9,15H2,1-2H3,(H,16,17). The molecule has 0 unspecified atom stereocenters. The molecule has 0 fully saturated rings. The molecule has 0 radical (unpaired) electrons. The van der Waals surface area contributed by atoms with Crippen molar-refractivity contribution in [1.29, 1.82) is 0 Å². The molecule has 1 aromatic carbocycles. The molecule has 2 aromatic rings. The Hall–Kier alpha value is -2.07. The van der Waals surface area contributed by atoms with Crippen LogP contribution in [-0.4, -0.2) is 4.98 Å². The Balaban J connectivity index is 2.04. The maximum atomic E-state index is 5.79. The minimum atomic E-state index is 0.502. The zero-order valence-corrected chi connectivity index (χ0v) is 10.6. The van der Waals surface area contributed by atoms with Crippen LogP contribution < -0.4 is 16.0 Å². The highest BCUT2D eigenvalue weighted by atomic mass is 16.5. The van der Waals surface area contributed by atoms with Crippen molar-refractivity contribution in [3.63, 3.8) is 0 Å². The van der Waals surface area contributed by atoms with Gasteiger partial charge in [0.05, 0.1) is 0 Å². The average Bonchev–Trinajstić information content (AvgIpc) is 2.41. The molecule has 4 nitrogen and oxygen atoms in total. The van der Waals surface area contributed by atoms with Gasteiger partial charge >= 0.3 is 0 Å². The number of hydrazine groups is 1. The van der Waals surface area contributed by atoms with Gasteiger partial charge in [0.1, 0.15) is 18.2 Å². The van der Waals surface area contributed by atoms with Crippen molar-refractivity contribution in [2.45, 2.75) is 20.5 Å². The molecule has 0 aliphatic rings. The summed E-state index contributed by atoms with van der Waals surface area (Å²) in [4.78, 5) is 4.13. The molecule has 3 N–H and O–H groups in total. The first kappa shape index (κ1) is 12.4. The number of hydrogen-bond acceptors (Lipinski definition) is 4. The van der Waals surface area contributed by atoms with Crippen molar-refractivity contribution in [1.82, 2.24) is 4.98 Å². The topological polar surface area (TPSA) is 60.2 Å². The second-order valence-electron chi connectivity index (χ2n) is 4.18. The summed E-state index contributed by atoms with van der Waals surface area (Å²) in [5.41, 5.74) is 5.90. The van der Waals surface area contributed by atoms with E-state index in [2.05, 4.69) is 30.3 Å². The van der Waals surface area contributed by atoms with E-state index in [-0.39, 0.29) is 0 Å². The van der Waals surface area contributed by atoms with Gasteiger partial charge < -0.3 is 10.2 Å². The molecule has 18 heavy (non-hydrogen) atoms. The number of nitrogens with zero attached hydrogens (tertiary/aromatic N) is 1. The zero-order chi connectivity index (χ0) is 13.0. The molecule has 1 aromatic heterocycles. The number of ether oxygens (including phenoxy) is 1. The summed E-state index contributed by atoms with van der Waals surface area (Å²) in [6, 6.07) is 9.81. The molecule has 0 saturated heterocycles. The number of aromatic nitrogens is 1. The van der Waals surface area contributed by atoms with E-state index in [9.17, 15) is 0 Å². The summed E-state index contributed by atoms with van der Waals surface area (Å²) in [5.74, 6) is 6.81. The number of benzene rings is 1. The lowest BCUT2D eigenvalue weighted by molar-refractivity contribution is 0.303. The van der Waals surface area contributed by atoms with E-state index in [0.717, 1.165) is 11.3 Å². The van der Waals surface area contributed by atoms with E-state index in [1.807, 2.05) is 24.3 Å². The fraction of sp³-hybridized carbons (Fsp3) is 0.214. The van der Waals surface area contributed by atoms with Gasteiger partial charge in [-0.2, -0.15) is 0 Å². The van der Waals surface area contributed by atoms with E-state index in [4.69, 9.17) is 10.6 Å². The summed E-state index contributed by atoms with van der Waals surface area (Å²) in [5, 5.41) is 0. The lowest BCUT2D eigenvalue weighted by Crippen LogP contribution is -2.08. The average molecular weight is 243 g/mol. The van der Waals surface area contributed by atoms with Gasteiger partial charge in [-0.3, -0.25) is 0 Å². The fourth-order valence-corrected chi connectivity index (χ4v) is 1.64. The third kappa shape index (κ3) is 2.78. The molecule has 94 valence electrons. The number of nitrogens with two attached hydrogens (primary N) is 1. The molecule has 0 atom stereocenters. The maximum absolute atomic E-state index is 5.79. The van der Waals surface area contributed by atoms with Crippen molar-refractivity contribution in [3.05, 3.63) is 53.2 Å². The molecular weight excluding hydrogens is 226 g/mol. The Morgan fingerprint density at radius 1 is 1.22 bits per heavy atom. The van der Waals surface area contributed by atoms with Gasteiger partial charge in [0.25, 0.3) is 0 Å². The number of nitrogen functional groups attached to an aromatic ring is 1. The predicted molar refractivity (Wildman–Crippen MR) is 72.3 cm³/mol. The monoisotopic (exact) mass is 243 g/mol. The van der Waals surface area contributed by atoms with Crippen molar-refractivity contribution in [2.24, 2.45) is 5.84 Å². The molecule has 0 bridgehead atoms. The molecule has 1 heterocycles. The van der Waals surface area contributed by atoms with E-state index in [1.54, 1.807) is 6.20 Å². The van der Waals surface area contributed by atoms with Gasteiger partial charge in [-0.15, -0.1) is 0 Å². The van der Waals surface area contributed by atoms with Crippen molar-refractivity contribution < 1.29 is 4.74 Å². The summed E-state index contributed by atoms with van der Waals surface area (Å²) < 4.78 is 5.79. The normalized spacial score (nSPS) is 10.2. The Labute approximate surface area is 107 Å². The summed E-state index contributed by atoms with van der Waals surface area (Å²) >= 11 is 0. The van der Waals surface area contributed by atoms with Crippen LogP contribution in [0.3, 0.4) is 0 Å². The van der Waals surface area contributed by atoms with Gasteiger partial charge in [0, 0.05) is 11.8 Å². The molecule has 0 amide bonds. The SMILES string of the molecule is Cc1cccc(OCc2ccc(NN)nc2)c1C.